The number of morpholine rings is 1. The first-order valence-corrected chi connectivity index (χ1v) is 10.1. The number of likely N-dealkylation sites (N-methyl/N-ethyl adjacent to an activating group) is 1. The van der Waals surface area contributed by atoms with Gasteiger partial charge in [-0.15, -0.1) is 0 Å². The van der Waals surface area contributed by atoms with E-state index in [0.29, 0.717) is 25.9 Å². The Hall–Kier alpha value is -0.700. The second-order valence-electron chi connectivity index (χ2n) is 6.90. The van der Waals surface area contributed by atoms with Crippen molar-refractivity contribution in [3.8, 4) is 0 Å². The molecule has 3 saturated heterocycles. The average Bonchev–Trinajstić information content (AvgIpc) is 2.81. The molecule has 3 atom stereocenters. The van der Waals surface area contributed by atoms with Crippen molar-refractivity contribution in [3.05, 3.63) is 0 Å². The van der Waals surface area contributed by atoms with E-state index in [-0.39, 0.29) is 29.8 Å². The van der Waals surface area contributed by atoms with Crippen molar-refractivity contribution >= 4 is 15.9 Å². The summed E-state index contributed by atoms with van der Waals surface area (Å²) in [7, 11) is -1.16. The lowest BCUT2D eigenvalue weighted by molar-refractivity contribution is -0.139. The van der Waals surface area contributed by atoms with Gasteiger partial charge in [0.1, 0.15) is 0 Å². The summed E-state index contributed by atoms with van der Waals surface area (Å²) in [6.45, 7) is 5.87. The van der Waals surface area contributed by atoms with Gasteiger partial charge in [0, 0.05) is 39.3 Å². The average molecular weight is 345 g/mol. The molecule has 132 valence electrons. The van der Waals surface area contributed by atoms with Crippen molar-refractivity contribution < 1.29 is 17.9 Å². The molecule has 3 aliphatic heterocycles. The van der Waals surface area contributed by atoms with Crippen LogP contribution in [-0.4, -0.2) is 92.7 Å². The Morgan fingerprint density at radius 1 is 1.17 bits per heavy atom. The van der Waals surface area contributed by atoms with Crippen molar-refractivity contribution in [2.24, 2.45) is 5.92 Å². The highest BCUT2D eigenvalue weighted by molar-refractivity contribution is 7.89. The van der Waals surface area contributed by atoms with Crippen LogP contribution in [0, 0.1) is 5.92 Å². The van der Waals surface area contributed by atoms with Gasteiger partial charge in [-0.2, -0.15) is 4.31 Å². The number of ether oxygens (including phenoxy) is 1. The lowest BCUT2D eigenvalue weighted by Gasteiger charge is -2.35. The smallest absolute Gasteiger partial charge is 0.228 e. The van der Waals surface area contributed by atoms with E-state index in [2.05, 4.69) is 11.9 Å². The third-order valence-electron chi connectivity index (χ3n) is 5.11. The van der Waals surface area contributed by atoms with Gasteiger partial charge in [0.05, 0.1) is 23.9 Å². The molecule has 1 amide bonds. The Kier molecular flexibility index (Phi) is 4.96. The molecule has 0 radical (unpaired) electrons. The minimum absolute atomic E-state index is 0.137. The lowest BCUT2D eigenvalue weighted by Crippen LogP contribution is -2.52. The number of rotatable bonds is 4. The number of fused-ring (bicyclic) bond motifs is 2. The molecule has 3 fully saturated rings. The van der Waals surface area contributed by atoms with Crippen molar-refractivity contribution in [1.29, 1.82) is 0 Å². The fraction of sp³-hybridized carbons (Fsp3) is 0.933. The quantitative estimate of drug-likeness (QED) is 0.693. The summed E-state index contributed by atoms with van der Waals surface area (Å²) in [5.41, 5.74) is 0. The van der Waals surface area contributed by atoms with E-state index in [9.17, 15) is 13.2 Å². The molecule has 3 aliphatic rings. The Bertz CT molecular complexity index is 545. The topological polar surface area (TPSA) is 70.2 Å². The van der Waals surface area contributed by atoms with E-state index in [1.807, 2.05) is 11.8 Å². The van der Waals surface area contributed by atoms with E-state index in [1.54, 1.807) is 0 Å². The van der Waals surface area contributed by atoms with Gasteiger partial charge in [-0.1, -0.05) is 6.92 Å². The van der Waals surface area contributed by atoms with Crippen LogP contribution in [0.3, 0.4) is 0 Å². The molecule has 23 heavy (non-hydrogen) atoms. The molecule has 3 heterocycles. The van der Waals surface area contributed by atoms with Crippen LogP contribution in [0.2, 0.25) is 0 Å². The summed E-state index contributed by atoms with van der Waals surface area (Å²) >= 11 is 0. The number of hydrogen-bond donors (Lipinski definition) is 0. The molecule has 0 unspecified atom stereocenters. The maximum Gasteiger partial charge on any atom is 0.228 e. The summed E-state index contributed by atoms with van der Waals surface area (Å²) in [5.74, 6) is 0.120. The van der Waals surface area contributed by atoms with Gasteiger partial charge in [-0.3, -0.25) is 4.79 Å². The van der Waals surface area contributed by atoms with Crippen molar-refractivity contribution in [2.75, 3.05) is 52.1 Å². The lowest BCUT2D eigenvalue weighted by atomic mass is 9.98. The predicted octanol–water partition coefficient (Wildman–Crippen LogP) is -0.410. The van der Waals surface area contributed by atoms with Gasteiger partial charge in [0.2, 0.25) is 15.9 Å². The van der Waals surface area contributed by atoms with E-state index in [4.69, 9.17) is 4.74 Å². The van der Waals surface area contributed by atoms with E-state index in [1.165, 1.54) is 4.31 Å². The zero-order valence-corrected chi connectivity index (χ0v) is 14.8. The van der Waals surface area contributed by atoms with Crippen LogP contribution in [0.5, 0.6) is 0 Å². The third-order valence-corrected chi connectivity index (χ3v) is 7.12. The molecule has 0 aliphatic carbocycles. The number of carbonyl (C=O) groups is 1. The minimum Gasteiger partial charge on any atom is -0.371 e. The molecule has 0 spiro atoms. The monoisotopic (exact) mass is 345 g/mol. The van der Waals surface area contributed by atoms with Crippen LogP contribution in [-0.2, 0) is 19.6 Å². The van der Waals surface area contributed by atoms with E-state index >= 15 is 0 Å². The van der Waals surface area contributed by atoms with Crippen molar-refractivity contribution in [2.45, 2.75) is 32.0 Å². The highest BCUT2D eigenvalue weighted by atomic mass is 32.2. The molecule has 0 aromatic heterocycles. The summed E-state index contributed by atoms with van der Waals surface area (Å²) in [4.78, 5) is 16.9. The maximum absolute atomic E-state index is 12.8. The third kappa shape index (κ3) is 3.55. The molecule has 0 aromatic carbocycles. The van der Waals surface area contributed by atoms with E-state index in [0.717, 1.165) is 26.2 Å². The highest BCUT2D eigenvalue weighted by Crippen LogP contribution is 2.34. The first kappa shape index (κ1) is 17.1. The molecule has 0 saturated carbocycles. The van der Waals surface area contributed by atoms with Gasteiger partial charge >= 0.3 is 0 Å². The minimum atomic E-state index is -3.22. The molecular formula is C15H27N3O4S. The second kappa shape index (κ2) is 6.66. The Labute approximate surface area is 138 Å². The standard InChI is InChI=1S/C15H27N3O4S/c1-3-8-23(20,21)18-10-12-9-13(14(11-18)22-12)15(19)17-6-4-16(2)5-7-17/h12-14H,3-11H2,1-2H3/t12-,13+,14-/m1/s1. The highest BCUT2D eigenvalue weighted by Gasteiger charge is 2.48. The van der Waals surface area contributed by atoms with Gasteiger partial charge in [0.15, 0.2) is 0 Å². The molecular weight excluding hydrogens is 318 g/mol. The van der Waals surface area contributed by atoms with Crippen molar-refractivity contribution in [1.82, 2.24) is 14.1 Å². The molecule has 3 rings (SSSR count). The number of carbonyl (C=O) groups excluding carboxylic acids is 1. The number of amides is 1. The number of nitrogens with zero attached hydrogens (tertiary/aromatic N) is 3. The Balaban J connectivity index is 1.65. The first-order valence-electron chi connectivity index (χ1n) is 8.51. The van der Waals surface area contributed by atoms with Gasteiger partial charge in [0.25, 0.3) is 0 Å². The SMILES string of the molecule is CCCS(=O)(=O)N1C[C@H]2C[C@H](C(=O)N3CCN(C)CC3)[C@@H](C1)O2. The zero-order chi connectivity index (χ0) is 16.6. The number of hydrogen-bond acceptors (Lipinski definition) is 5. The summed E-state index contributed by atoms with van der Waals surface area (Å²) in [5, 5.41) is 0. The predicted molar refractivity (Wildman–Crippen MR) is 86.5 cm³/mol. The fourth-order valence-electron chi connectivity index (χ4n) is 3.76. The molecule has 2 bridgehead atoms. The first-order chi connectivity index (χ1) is 10.9. The Morgan fingerprint density at radius 3 is 2.52 bits per heavy atom. The summed E-state index contributed by atoms with van der Waals surface area (Å²) in [6.07, 6.45) is 0.835. The molecule has 0 aromatic rings. The fourth-order valence-corrected chi connectivity index (χ4v) is 5.30. The molecule has 0 N–H and O–H groups in total. The zero-order valence-electron chi connectivity index (χ0n) is 14.0. The maximum atomic E-state index is 12.8. The van der Waals surface area contributed by atoms with Crippen LogP contribution >= 0.6 is 0 Å². The van der Waals surface area contributed by atoms with Crippen LogP contribution < -0.4 is 0 Å². The number of sulfonamides is 1. The normalized spacial score (nSPS) is 33.1. The van der Waals surface area contributed by atoms with Gasteiger partial charge in [-0.05, 0) is 19.9 Å². The van der Waals surface area contributed by atoms with Crippen molar-refractivity contribution in [3.63, 3.8) is 0 Å². The largest absolute Gasteiger partial charge is 0.371 e. The molecule has 8 heteroatoms. The Morgan fingerprint density at radius 2 is 1.87 bits per heavy atom. The summed E-state index contributed by atoms with van der Waals surface area (Å²) < 4.78 is 32.0. The van der Waals surface area contributed by atoms with Crippen LogP contribution in [0.25, 0.3) is 0 Å². The van der Waals surface area contributed by atoms with Crippen LogP contribution in [0.15, 0.2) is 0 Å². The number of piperazine rings is 1. The second-order valence-corrected chi connectivity index (χ2v) is 8.99. The van der Waals surface area contributed by atoms with Crippen LogP contribution in [0.1, 0.15) is 19.8 Å². The van der Waals surface area contributed by atoms with Crippen LogP contribution in [0.4, 0.5) is 0 Å². The van der Waals surface area contributed by atoms with Gasteiger partial charge < -0.3 is 14.5 Å². The summed E-state index contributed by atoms with van der Waals surface area (Å²) in [6, 6.07) is 0. The van der Waals surface area contributed by atoms with Gasteiger partial charge in [-0.25, -0.2) is 8.42 Å². The van der Waals surface area contributed by atoms with E-state index < -0.39 is 10.0 Å². The molecule has 7 nitrogen and oxygen atoms in total.